The molecule has 0 amide bonds. The van der Waals surface area contributed by atoms with Crippen LogP contribution < -0.4 is 30.5 Å². The fraction of sp³-hybridized carbons (Fsp3) is 0. The number of hydrogen-bond donors (Lipinski definition) is 6. The van der Waals surface area contributed by atoms with Crippen molar-refractivity contribution in [3.05, 3.63) is 0 Å². The first-order valence-electron chi connectivity index (χ1n) is 0.258. The Labute approximate surface area is 37.0 Å². The summed E-state index contributed by atoms with van der Waals surface area (Å²) in [6.45, 7) is 0. The fourth-order valence-corrected chi connectivity index (χ4v) is 0. The smallest absolute Gasteiger partial charge is 0.219 e. The van der Waals surface area contributed by atoms with E-state index in [4.69, 9.17) is 5.21 Å². The quantitative estimate of drug-likeness (QED) is 0.232. The maximum absolute atomic E-state index is 6.50. The summed E-state index contributed by atoms with van der Waals surface area (Å²) < 4.78 is 0. The molecule has 0 spiro atoms. The molecule has 46 valence electrons. The largest absolute Gasteiger partial charge is 0.344 e. The molecule has 0 bridgehead atoms. The molecule has 6 nitrogen and oxygen atoms in total. The van der Waals surface area contributed by atoms with Gasteiger partial charge < -0.3 is 29.8 Å². The lowest BCUT2D eigenvalue weighted by Gasteiger charge is -1.27. The van der Waals surface area contributed by atoms with Gasteiger partial charge in [0.1, 0.15) is 0 Å². The molecule has 0 saturated heterocycles. The van der Waals surface area contributed by atoms with E-state index in [1.165, 1.54) is 0 Å². The van der Waals surface area contributed by atoms with Crippen LogP contribution in [-0.4, -0.2) is 5.21 Å². The fourth-order valence-electron chi connectivity index (χ4n) is 0. The van der Waals surface area contributed by atoms with Crippen LogP contribution in [0.15, 0.2) is 0 Å². The van der Waals surface area contributed by atoms with Crippen LogP contribution in [-0.2, 0) is 0 Å². The third-order valence-corrected chi connectivity index (χ3v) is 0. The zero-order valence-corrected chi connectivity index (χ0v) is 3.85. The highest BCUT2D eigenvalue weighted by Gasteiger charge is 0.732. The summed E-state index contributed by atoms with van der Waals surface area (Å²) in [5.74, 6) is 3.50. The topological polar surface area (TPSA) is 186 Å². The van der Waals surface area contributed by atoms with Gasteiger partial charge in [-0.3, -0.25) is 0 Å². The lowest BCUT2D eigenvalue weighted by molar-refractivity contribution is 0.311. The molecule has 0 aliphatic carbocycles. The van der Waals surface area contributed by atoms with E-state index in [1.54, 1.807) is 0 Å². The van der Waals surface area contributed by atoms with Gasteiger partial charge in [0.25, 0.3) is 0 Å². The third-order valence-electron chi connectivity index (χ3n) is 0. The highest BCUT2D eigenvalue weighted by Crippen LogP contribution is 0.410. The molecule has 0 aromatic carbocycles. The molecule has 0 atom stereocenters. The summed E-state index contributed by atoms with van der Waals surface area (Å²) in [7, 11) is 0. The first-order chi connectivity index (χ1) is 1.00. The highest BCUT2D eigenvalue weighted by atomic mass is 16.4. The summed E-state index contributed by atoms with van der Waals surface area (Å²) in [6, 6.07) is 0. The normalized spacial score (nSPS) is 1.00. The Morgan fingerprint density at radius 2 is 0.667 bits per heavy atom. The Kier molecular flexibility index (Phi) is 44000. The summed E-state index contributed by atoms with van der Waals surface area (Å²) in [4.78, 5) is 0. The van der Waals surface area contributed by atoms with Crippen LogP contribution in [0.2, 0.25) is 0 Å². The molecule has 6 heteroatoms. The maximum atomic E-state index is 6.50. The lowest BCUT2D eigenvalue weighted by atomic mass is 13.6. The lowest BCUT2D eigenvalue weighted by Crippen LogP contribution is -1.72. The van der Waals surface area contributed by atoms with Crippen molar-refractivity contribution in [1.82, 2.24) is 24.6 Å². The minimum atomic E-state index is 0. The van der Waals surface area contributed by atoms with Crippen LogP contribution in [0.1, 0.15) is 0 Å². The van der Waals surface area contributed by atoms with Crippen molar-refractivity contribution in [3.8, 4) is 0 Å². The van der Waals surface area contributed by atoms with Crippen LogP contribution in [0.3, 0.4) is 0 Å². The van der Waals surface area contributed by atoms with E-state index in [1.807, 2.05) is 0 Å². The van der Waals surface area contributed by atoms with E-state index in [0.29, 0.717) is 0 Å². The molecule has 15 N–H and O–H groups in total. The molecule has 0 aromatic heterocycles. The minimum Gasteiger partial charge on any atom is -0.344 e. The van der Waals surface area contributed by atoms with Gasteiger partial charge in [0, 0.05) is 0 Å². The van der Waals surface area contributed by atoms with Crippen LogP contribution in [0, 0.1) is 0 Å². The van der Waals surface area contributed by atoms with E-state index in [0.717, 1.165) is 0 Å². The highest BCUT2D eigenvalue weighted by molar-refractivity contribution is 2.77. The number of rotatable bonds is 0. The van der Waals surface area contributed by atoms with Gasteiger partial charge in [-0.2, -0.15) is 0 Å². The summed E-state index contributed by atoms with van der Waals surface area (Å²) in [6.07, 6.45) is 0. The van der Waals surface area contributed by atoms with Crippen molar-refractivity contribution >= 4 is 0 Å². The molecule has 0 aliphatic heterocycles. The Morgan fingerprint density at radius 1 is 0.667 bits per heavy atom. The van der Waals surface area contributed by atoms with Gasteiger partial charge in [0.2, 0.25) is 0 Å². The van der Waals surface area contributed by atoms with Gasteiger partial charge in [0.05, 0.1) is 0 Å². The average molecular weight is 101 g/mol. The molecular weight excluding hydrogens is 86.0 g/mol. The molecule has 0 heterocycles. The van der Waals surface area contributed by atoms with Crippen LogP contribution in [0.25, 0.3) is 0 Å². The summed E-state index contributed by atoms with van der Waals surface area (Å²) in [5, 5.41) is 6.50. The zero-order chi connectivity index (χ0) is 2.00. The van der Waals surface area contributed by atoms with Crippen molar-refractivity contribution in [1.29, 1.82) is 0 Å². The average Bonchev–Trinajstić information content (AvgIpc) is 1.00. The molecule has 0 unspecified atom stereocenters. The van der Waals surface area contributed by atoms with Crippen molar-refractivity contribution in [2.45, 2.75) is 0 Å². The van der Waals surface area contributed by atoms with Crippen LogP contribution in [0.5, 0.6) is 0 Å². The monoisotopic (exact) mass is 101 g/mol. The second-order valence-electron chi connectivity index (χ2n) is 0. The van der Waals surface area contributed by atoms with E-state index < -0.39 is 0 Å². The number of hydrogen-bond acceptors (Lipinski definition) is 6. The Morgan fingerprint density at radius 3 is 0.667 bits per heavy atom. The maximum Gasteiger partial charge on any atom is -0.219 e. The van der Waals surface area contributed by atoms with Crippen molar-refractivity contribution in [3.63, 3.8) is 0 Å². The van der Waals surface area contributed by atoms with Gasteiger partial charge in [-0.15, -0.1) is 0 Å². The Bertz CT molecular complexity index is 3.90. The zero-order valence-electron chi connectivity index (χ0n) is 3.85. The first-order valence-corrected chi connectivity index (χ1v) is 0.258. The van der Waals surface area contributed by atoms with Gasteiger partial charge in [-0.05, 0) is 0 Å². The second kappa shape index (κ2) is 1170. The van der Waals surface area contributed by atoms with E-state index in [2.05, 4.69) is 5.90 Å². The molecule has 0 saturated carbocycles. The molecule has 0 radical (unpaired) electrons. The summed E-state index contributed by atoms with van der Waals surface area (Å²) in [5.41, 5.74) is 0. The van der Waals surface area contributed by atoms with Crippen LogP contribution in [0.4, 0.5) is 0 Å². The predicted molar refractivity (Wildman–Crippen MR) is 26.1 cm³/mol. The molecule has 0 rings (SSSR count). The second-order valence-corrected chi connectivity index (χ2v) is 0. The van der Waals surface area contributed by atoms with Gasteiger partial charge in [-0.25, -0.2) is 5.90 Å². The molecule has 6 heavy (non-hydrogen) atoms. The Hall–Kier alpha value is -0.240. The van der Waals surface area contributed by atoms with Crippen LogP contribution >= 0.6 is 0 Å². The van der Waals surface area contributed by atoms with E-state index in [-0.39, 0.29) is 24.6 Å². The van der Waals surface area contributed by atoms with E-state index >= 15 is 0 Å². The van der Waals surface area contributed by atoms with Crippen molar-refractivity contribution < 1.29 is 5.21 Å². The third kappa shape index (κ3) is 497. The first kappa shape index (κ1) is 226. The molecular formula is H15N5O. The SMILES string of the molecule is N.N.N.N.NO. The van der Waals surface area contributed by atoms with Crippen molar-refractivity contribution in [2.24, 2.45) is 5.90 Å². The van der Waals surface area contributed by atoms with Gasteiger partial charge >= 0.3 is 0 Å². The van der Waals surface area contributed by atoms with Gasteiger partial charge in [0.15, 0.2) is 0 Å². The Balaban J connectivity index is -0.000000000833. The van der Waals surface area contributed by atoms with Crippen molar-refractivity contribution in [2.75, 3.05) is 0 Å². The standard InChI is InChI=1S/H3NO.4H3N/c1-2;;;;/h2H,1H2;4*1H3. The summed E-state index contributed by atoms with van der Waals surface area (Å²) >= 11 is 0. The number of nitrogens with two attached hydrogens (primary N) is 1. The molecule has 0 aromatic rings. The molecule has 0 aliphatic rings. The van der Waals surface area contributed by atoms with E-state index in [9.17, 15) is 0 Å². The minimum absolute atomic E-state index is 0. The molecule has 0 fully saturated rings. The van der Waals surface area contributed by atoms with Gasteiger partial charge in [-0.1, -0.05) is 0 Å². The predicted octanol–water partition coefficient (Wildman–Crippen LogP) is -0.0177.